The van der Waals surface area contributed by atoms with E-state index < -0.39 is 0 Å². The highest BCUT2D eigenvalue weighted by atomic mass is 15.1. The summed E-state index contributed by atoms with van der Waals surface area (Å²) in [6.45, 7) is 0. The molecule has 3 aromatic heterocycles. The van der Waals surface area contributed by atoms with E-state index in [-0.39, 0.29) is 0 Å². The van der Waals surface area contributed by atoms with Gasteiger partial charge in [0.15, 0.2) is 17.5 Å². The van der Waals surface area contributed by atoms with Crippen LogP contribution in [0.2, 0.25) is 0 Å². The zero-order valence-electron chi connectivity index (χ0n) is 39.5. The zero-order chi connectivity index (χ0) is 49.7. The molecule has 13 aromatic rings. The van der Waals surface area contributed by atoms with E-state index in [2.05, 4.69) is 167 Å². The highest BCUT2D eigenvalue weighted by Crippen LogP contribution is 2.41. The Morgan fingerprint density at radius 3 is 1.05 bits per heavy atom. The van der Waals surface area contributed by atoms with E-state index in [1.165, 1.54) is 0 Å². The lowest BCUT2D eigenvalue weighted by Crippen LogP contribution is -2.06. The third kappa shape index (κ3) is 7.42. The Morgan fingerprint density at radius 2 is 0.622 bits per heavy atom. The van der Waals surface area contributed by atoms with Gasteiger partial charge in [-0.1, -0.05) is 140 Å². The summed E-state index contributed by atoms with van der Waals surface area (Å²) < 4.78 is 4.60. The average Bonchev–Trinajstić information content (AvgIpc) is 4.03. The first kappa shape index (κ1) is 43.3. The topological polar surface area (TPSA) is 120 Å². The first-order valence-electron chi connectivity index (χ1n) is 24.2. The number of hydrogen-bond donors (Lipinski definition) is 0. The molecule has 0 spiro atoms. The molecule has 0 aliphatic heterocycles. The van der Waals surface area contributed by atoms with E-state index in [0.29, 0.717) is 34.2 Å². The molecular formula is C66H38N8. The van der Waals surface area contributed by atoms with Crippen LogP contribution in [0.4, 0.5) is 0 Å². The summed E-state index contributed by atoms with van der Waals surface area (Å²) >= 11 is 0. The van der Waals surface area contributed by atoms with Crippen molar-refractivity contribution in [1.29, 1.82) is 15.8 Å². The van der Waals surface area contributed by atoms with Gasteiger partial charge in [-0.05, 0) is 124 Å². The fourth-order valence-corrected chi connectivity index (χ4v) is 10.4. The minimum atomic E-state index is 0.467. The van der Waals surface area contributed by atoms with Crippen molar-refractivity contribution in [1.82, 2.24) is 24.1 Å². The van der Waals surface area contributed by atoms with Crippen molar-refractivity contribution in [2.45, 2.75) is 0 Å². The number of benzene rings is 10. The highest BCUT2D eigenvalue weighted by molar-refractivity contribution is 6.11. The van der Waals surface area contributed by atoms with E-state index in [4.69, 9.17) is 15.0 Å². The van der Waals surface area contributed by atoms with Gasteiger partial charge in [-0.3, -0.25) is 0 Å². The van der Waals surface area contributed by atoms with Gasteiger partial charge in [0.05, 0.1) is 68.3 Å². The molecule has 0 amide bonds. The molecule has 0 fully saturated rings. The van der Waals surface area contributed by atoms with E-state index in [1.54, 1.807) is 6.07 Å². The fourth-order valence-electron chi connectivity index (χ4n) is 10.4. The quantitative estimate of drug-likeness (QED) is 0.150. The maximum atomic E-state index is 9.84. The molecule has 0 unspecified atom stereocenters. The lowest BCUT2D eigenvalue weighted by atomic mass is 9.99. The Morgan fingerprint density at radius 1 is 0.270 bits per heavy atom. The standard InChI is InChI=1S/C66H38N8/c67-39-42-23-27-45(28-24-42)49-31-33-56(62(37-49)73-58-19-5-1-15-52(58)53-16-2-6-20-59(53)73)65-70-64(51-14-10-13-48(36-51)47-12-9-11-44(35-47)41-69)71-66(72-65)57-34-32-50(46-29-25-43(40-68)26-30-46)38-63(57)74-60-21-7-3-17-54(60)55-18-4-8-22-61(55)74/h1-38H. The van der Waals surface area contributed by atoms with Crippen molar-refractivity contribution in [3.8, 4) is 97.1 Å². The molecule has 74 heavy (non-hydrogen) atoms. The minimum absolute atomic E-state index is 0.467. The third-order valence-electron chi connectivity index (χ3n) is 13.9. The second-order valence-electron chi connectivity index (χ2n) is 18.2. The highest BCUT2D eigenvalue weighted by Gasteiger charge is 2.24. The van der Waals surface area contributed by atoms with Gasteiger partial charge >= 0.3 is 0 Å². The Bertz CT molecular complexity index is 4180. The van der Waals surface area contributed by atoms with Crippen molar-refractivity contribution < 1.29 is 0 Å². The molecule has 0 saturated carbocycles. The maximum absolute atomic E-state index is 9.84. The number of hydrogen-bond acceptors (Lipinski definition) is 6. The van der Waals surface area contributed by atoms with Gasteiger partial charge < -0.3 is 9.13 Å². The number of fused-ring (bicyclic) bond motifs is 6. The van der Waals surface area contributed by atoms with Crippen molar-refractivity contribution in [2.75, 3.05) is 0 Å². The summed E-state index contributed by atoms with van der Waals surface area (Å²) in [4.78, 5) is 16.4. The van der Waals surface area contributed by atoms with Gasteiger partial charge in [-0.2, -0.15) is 15.8 Å². The fraction of sp³-hybridized carbons (Fsp3) is 0. The molecule has 0 radical (unpaired) electrons. The van der Waals surface area contributed by atoms with Crippen LogP contribution >= 0.6 is 0 Å². The van der Waals surface area contributed by atoms with E-state index in [1.807, 2.05) is 84.9 Å². The Labute approximate surface area is 425 Å². The molecule has 342 valence electrons. The predicted molar refractivity (Wildman–Crippen MR) is 295 cm³/mol. The van der Waals surface area contributed by atoms with Gasteiger partial charge in [0.2, 0.25) is 0 Å². The number of nitriles is 3. The lowest BCUT2D eigenvalue weighted by molar-refractivity contribution is 1.06. The molecule has 0 N–H and O–H groups in total. The van der Waals surface area contributed by atoms with Gasteiger partial charge in [-0.15, -0.1) is 0 Å². The maximum Gasteiger partial charge on any atom is 0.166 e. The van der Waals surface area contributed by atoms with Crippen LogP contribution in [0.3, 0.4) is 0 Å². The first-order chi connectivity index (χ1) is 36.5. The van der Waals surface area contributed by atoms with Gasteiger partial charge in [0, 0.05) is 38.2 Å². The van der Waals surface area contributed by atoms with Crippen molar-refractivity contribution >= 4 is 43.6 Å². The Hall–Kier alpha value is -10.7. The van der Waals surface area contributed by atoms with Crippen molar-refractivity contribution in [2.24, 2.45) is 0 Å². The first-order valence-corrected chi connectivity index (χ1v) is 24.2. The van der Waals surface area contributed by atoms with Gasteiger partial charge in [0.1, 0.15) is 0 Å². The van der Waals surface area contributed by atoms with Crippen LogP contribution in [-0.4, -0.2) is 24.1 Å². The van der Waals surface area contributed by atoms with E-state index in [0.717, 1.165) is 105 Å². The van der Waals surface area contributed by atoms with Crippen molar-refractivity contribution in [3.05, 3.63) is 247 Å². The second kappa shape index (κ2) is 17.9. The number of para-hydroxylation sites is 4. The molecule has 0 atom stereocenters. The average molecular weight is 943 g/mol. The van der Waals surface area contributed by atoms with Crippen LogP contribution < -0.4 is 0 Å². The normalized spacial score (nSPS) is 11.2. The van der Waals surface area contributed by atoms with Crippen molar-refractivity contribution in [3.63, 3.8) is 0 Å². The summed E-state index contributed by atoms with van der Waals surface area (Å²) in [5.41, 5.74) is 15.6. The molecule has 10 aromatic carbocycles. The van der Waals surface area contributed by atoms with Crippen LogP contribution in [0.5, 0.6) is 0 Å². The van der Waals surface area contributed by atoms with E-state index >= 15 is 0 Å². The molecule has 0 bridgehead atoms. The van der Waals surface area contributed by atoms with Crippen LogP contribution in [-0.2, 0) is 0 Å². The van der Waals surface area contributed by atoms with Crippen LogP contribution in [0.25, 0.3) is 123 Å². The number of nitrogens with zero attached hydrogens (tertiary/aromatic N) is 8. The SMILES string of the molecule is N#Cc1ccc(-c2ccc(-c3nc(-c4cccc(-c5cccc(C#N)c5)c4)nc(-c4ccc(-c5ccc(C#N)cc5)cc4-n4c5ccccc5c5ccccc54)n3)c(-n3c4ccccc4c4ccccc43)c2)cc1. The zero-order valence-corrected chi connectivity index (χ0v) is 39.5. The number of rotatable bonds is 8. The largest absolute Gasteiger partial charge is 0.308 e. The monoisotopic (exact) mass is 942 g/mol. The molecule has 13 rings (SSSR count). The molecular weight excluding hydrogens is 905 g/mol. The molecule has 0 saturated heterocycles. The summed E-state index contributed by atoms with van der Waals surface area (Å²) in [5.74, 6) is 1.40. The van der Waals surface area contributed by atoms with Gasteiger partial charge in [0.25, 0.3) is 0 Å². The summed E-state index contributed by atoms with van der Waals surface area (Å²) in [6, 6.07) is 84.4. The predicted octanol–water partition coefficient (Wildman–Crippen LogP) is 15.7. The Balaban J connectivity index is 1.11. The molecule has 3 heterocycles. The van der Waals surface area contributed by atoms with Crippen LogP contribution in [0.1, 0.15) is 16.7 Å². The Kier molecular flexibility index (Phi) is 10.5. The van der Waals surface area contributed by atoms with Crippen LogP contribution in [0, 0.1) is 34.0 Å². The third-order valence-corrected chi connectivity index (χ3v) is 13.9. The number of aromatic nitrogens is 5. The summed E-state index contributed by atoms with van der Waals surface area (Å²) in [7, 11) is 0. The summed E-state index contributed by atoms with van der Waals surface area (Å²) in [5, 5.41) is 33.7. The molecule has 8 nitrogen and oxygen atoms in total. The second-order valence-corrected chi connectivity index (χ2v) is 18.2. The van der Waals surface area contributed by atoms with E-state index in [9.17, 15) is 15.8 Å². The van der Waals surface area contributed by atoms with Gasteiger partial charge in [-0.25, -0.2) is 15.0 Å². The molecule has 8 heteroatoms. The lowest BCUT2D eigenvalue weighted by Gasteiger charge is -2.18. The molecule has 0 aliphatic carbocycles. The molecule has 0 aliphatic rings. The smallest absolute Gasteiger partial charge is 0.166 e. The van der Waals surface area contributed by atoms with Crippen LogP contribution in [0.15, 0.2) is 231 Å². The minimum Gasteiger partial charge on any atom is -0.308 e. The summed E-state index contributed by atoms with van der Waals surface area (Å²) in [6.07, 6.45) is 0.